The normalized spacial score (nSPS) is 11.6. The number of hydrogen-bond acceptors (Lipinski definition) is 4. The predicted molar refractivity (Wildman–Crippen MR) is 75.4 cm³/mol. The first-order chi connectivity index (χ1) is 9.54. The summed E-state index contributed by atoms with van der Waals surface area (Å²) in [6, 6.07) is 9.34. The van der Waals surface area contributed by atoms with Gasteiger partial charge in [-0.05, 0) is 12.1 Å². The summed E-state index contributed by atoms with van der Waals surface area (Å²) in [4.78, 5) is 24.7. The van der Waals surface area contributed by atoms with Gasteiger partial charge in [-0.2, -0.15) is 0 Å². The third-order valence-electron chi connectivity index (χ3n) is 2.90. The molecular formula is C15H21NO4. The number of rotatable bonds is 7. The van der Waals surface area contributed by atoms with Crippen LogP contribution in [0.5, 0.6) is 5.75 Å². The second-order valence-electron chi connectivity index (χ2n) is 4.61. The van der Waals surface area contributed by atoms with Gasteiger partial charge in [-0.15, -0.1) is 0 Å². The van der Waals surface area contributed by atoms with E-state index in [2.05, 4.69) is 4.74 Å². The van der Waals surface area contributed by atoms with Crippen LogP contribution in [0.2, 0.25) is 0 Å². The summed E-state index contributed by atoms with van der Waals surface area (Å²) in [6.07, 6.45) is 0.277. The molecule has 0 saturated heterocycles. The summed E-state index contributed by atoms with van der Waals surface area (Å²) in [6.45, 7) is 2.40. The summed E-state index contributed by atoms with van der Waals surface area (Å²) in [5.74, 6) is 0.0387. The topological polar surface area (TPSA) is 55.8 Å². The number of carbonyl (C=O) groups excluding carboxylic acids is 2. The molecule has 0 aliphatic heterocycles. The summed E-state index contributed by atoms with van der Waals surface area (Å²) in [5, 5.41) is 0. The molecule has 5 nitrogen and oxygen atoms in total. The minimum absolute atomic E-state index is 0.0586. The molecule has 0 aromatic heterocycles. The van der Waals surface area contributed by atoms with E-state index in [1.54, 1.807) is 14.0 Å². The summed E-state index contributed by atoms with van der Waals surface area (Å²) < 4.78 is 10.1. The van der Waals surface area contributed by atoms with Gasteiger partial charge >= 0.3 is 5.97 Å². The number of para-hydroxylation sites is 1. The van der Waals surface area contributed by atoms with Gasteiger partial charge in [0, 0.05) is 13.6 Å². The van der Waals surface area contributed by atoms with Gasteiger partial charge in [-0.25, -0.2) is 0 Å². The van der Waals surface area contributed by atoms with Crippen LogP contribution in [-0.4, -0.2) is 44.1 Å². The van der Waals surface area contributed by atoms with Gasteiger partial charge in [0.25, 0.3) is 0 Å². The van der Waals surface area contributed by atoms with E-state index in [1.165, 1.54) is 12.0 Å². The number of ether oxygens (including phenoxy) is 2. The Kier molecular flexibility index (Phi) is 6.56. The Morgan fingerprint density at radius 1 is 1.25 bits per heavy atom. The summed E-state index contributed by atoms with van der Waals surface area (Å²) in [5.41, 5.74) is 0. The van der Waals surface area contributed by atoms with E-state index in [0.29, 0.717) is 13.2 Å². The first-order valence-corrected chi connectivity index (χ1v) is 6.54. The van der Waals surface area contributed by atoms with Crippen LogP contribution in [0.1, 0.15) is 13.3 Å². The molecule has 1 amide bonds. The van der Waals surface area contributed by atoms with Crippen molar-refractivity contribution in [1.29, 1.82) is 0 Å². The highest BCUT2D eigenvalue weighted by Gasteiger charge is 2.18. The van der Waals surface area contributed by atoms with E-state index in [4.69, 9.17) is 4.74 Å². The summed E-state index contributed by atoms with van der Waals surface area (Å²) >= 11 is 0. The lowest BCUT2D eigenvalue weighted by Gasteiger charge is -2.20. The Balaban J connectivity index is 2.30. The van der Waals surface area contributed by atoms with Crippen molar-refractivity contribution in [2.24, 2.45) is 5.92 Å². The molecule has 0 spiro atoms. The average molecular weight is 279 g/mol. The van der Waals surface area contributed by atoms with Gasteiger partial charge in [0.1, 0.15) is 5.75 Å². The van der Waals surface area contributed by atoms with Gasteiger partial charge in [0.05, 0.1) is 26.1 Å². The molecule has 1 rings (SSSR count). The van der Waals surface area contributed by atoms with Gasteiger partial charge in [0.2, 0.25) is 5.91 Å². The first-order valence-electron chi connectivity index (χ1n) is 6.54. The fraction of sp³-hybridized carbons (Fsp3) is 0.467. The van der Waals surface area contributed by atoms with E-state index >= 15 is 0 Å². The minimum Gasteiger partial charge on any atom is -0.493 e. The standard InChI is InChI=1S/C15H21NO4/c1-12(15(18)19-3)11-16(2)14(17)9-10-20-13-7-5-4-6-8-13/h4-8,12H,9-11H2,1-3H3. The molecule has 20 heavy (non-hydrogen) atoms. The number of amides is 1. The van der Waals surface area contributed by atoms with Crippen LogP contribution in [0.25, 0.3) is 0 Å². The number of esters is 1. The zero-order valence-electron chi connectivity index (χ0n) is 12.2. The molecule has 0 N–H and O–H groups in total. The molecule has 0 aliphatic carbocycles. The van der Waals surface area contributed by atoms with Crippen molar-refractivity contribution in [3.05, 3.63) is 30.3 Å². The van der Waals surface area contributed by atoms with Gasteiger partial charge < -0.3 is 14.4 Å². The number of benzene rings is 1. The zero-order chi connectivity index (χ0) is 15.0. The third-order valence-corrected chi connectivity index (χ3v) is 2.90. The van der Waals surface area contributed by atoms with E-state index in [-0.39, 0.29) is 24.2 Å². The number of carbonyl (C=O) groups is 2. The fourth-order valence-corrected chi connectivity index (χ4v) is 1.75. The van der Waals surface area contributed by atoms with Crippen LogP contribution in [0, 0.1) is 5.92 Å². The van der Waals surface area contributed by atoms with Gasteiger partial charge in [0.15, 0.2) is 0 Å². The van der Waals surface area contributed by atoms with Crippen LogP contribution in [0.3, 0.4) is 0 Å². The summed E-state index contributed by atoms with van der Waals surface area (Å²) in [7, 11) is 3.01. The Morgan fingerprint density at radius 2 is 1.90 bits per heavy atom. The maximum Gasteiger partial charge on any atom is 0.310 e. The highest BCUT2D eigenvalue weighted by molar-refractivity contribution is 5.77. The maximum absolute atomic E-state index is 11.9. The lowest BCUT2D eigenvalue weighted by atomic mass is 10.1. The zero-order valence-corrected chi connectivity index (χ0v) is 12.2. The second kappa shape index (κ2) is 8.19. The Hall–Kier alpha value is -2.04. The molecule has 0 fully saturated rings. The third kappa shape index (κ3) is 5.30. The van der Waals surface area contributed by atoms with E-state index in [1.807, 2.05) is 30.3 Å². The molecule has 0 heterocycles. The Labute approximate surface area is 119 Å². The maximum atomic E-state index is 11.9. The molecule has 0 radical (unpaired) electrons. The van der Waals surface area contributed by atoms with Gasteiger partial charge in [-0.3, -0.25) is 9.59 Å². The van der Waals surface area contributed by atoms with E-state index in [9.17, 15) is 9.59 Å². The molecule has 0 saturated carbocycles. The quantitative estimate of drug-likeness (QED) is 0.713. The number of nitrogens with zero attached hydrogens (tertiary/aromatic N) is 1. The largest absolute Gasteiger partial charge is 0.493 e. The molecular weight excluding hydrogens is 258 g/mol. The van der Waals surface area contributed by atoms with Crippen molar-refractivity contribution in [3.8, 4) is 5.75 Å². The fourth-order valence-electron chi connectivity index (χ4n) is 1.75. The van der Waals surface area contributed by atoms with Crippen molar-refractivity contribution < 1.29 is 19.1 Å². The highest BCUT2D eigenvalue weighted by atomic mass is 16.5. The van der Waals surface area contributed by atoms with E-state index < -0.39 is 0 Å². The molecule has 0 aliphatic rings. The van der Waals surface area contributed by atoms with Crippen molar-refractivity contribution in [3.63, 3.8) is 0 Å². The van der Waals surface area contributed by atoms with Crippen LogP contribution in [-0.2, 0) is 14.3 Å². The molecule has 1 aromatic rings. The van der Waals surface area contributed by atoms with Crippen molar-refractivity contribution in [2.45, 2.75) is 13.3 Å². The average Bonchev–Trinajstić information content (AvgIpc) is 2.47. The molecule has 1 unspecified atom stereocenters. The molecule has 5 heteroatoms. The molecule has 1 atom stereocenters. The first kappa shape index (κ1) is 16.0. The van der Waals surface area contributed by atoms with Gasteiger partial charge in [-0.1, -0.05) is 25.1 Å². The second-order valence-corrected chi connectivity index (χ2v) is 4.61. The molecule has 1 aromatic carbocycles. The Bertz CT molecular complexity index is 433. The Morgan fingerprint density at radius 3 is 2.50 bits per heavy atom. The van der Waals surface area contributed by atoms with Crippen molar-refractivity contribution in [1.82, 2.24) is 4.90 Å². The van der Waals surface area contributed by atoms with Crippen molar-refractivity contribution in [2.75, 3.05) is 27.3 Å². The monoisotopic (exact) mass is 279 g/mol. The van der Waals surface area contributed by atoms with E-state index in [0.717, 1.165) is 5.75 Å². The number of methoxy groups -OCH3 is 1. The molecule has 0 bridgehead atoms. The minimum atomic E-state index is -0.330. The smallest absolute Gasteiger partial charge is 0.310 e. The van der Waals surface area contributed by atoms with Crippen LogP contribution in [0.15, 0.2) is 30.3 Å². The lowest BCUT2D eigenvalue weighted by Crippen LogP contribution is -2.34. The van der Waals surface area contributed by atoms with Crippen LogP contribution >= 0.6 is 0 Å². The lowest BCUT2D eigenvalue weighted by molar-refractivity contribution is -0.146. The van der Waals surface area contributed by atoms with Crippen LogP contribution in [0.4, 0.5) is 0 Å². The predicted octanol–water partition coefficient (Wildman–Crippen LogP) is 1.72. The van der Waals surface area contributed by atoms with Crippen molar-refractivity contribution >= 4 is 11.9 Å². The number of hydrogen-bond donors (Lipinski definition) is 0. The highest BCUT2D eigenvalue weighted by Crippen LogP contribution is 2.09. The SMILES string of the molecule is COC(=O)C(C)CN(C)C(=O)CCOc1ccccc1. The molecule has 110 valence electrons. The van der Waals surface area contributed by atoms with Crippen LogP contribution < -0.4 is 4.74 Å².